The second-order valence-electron chi connectivity index (χ2n) is 8.13. The van der Waals surface area contributed by atoms with Crippen LogP contribution in [0.25, 0.3) is 0 Å². The van der Waals surface area contributed by atoms with E-state index in [-0.39, 0.29) is 0 Å². The Labute approximate surface area is 149 Å². The Hall–Kier alpha value is 0.0956. The van der Waals surface area contributed by atoms with Gasteiger partial charge in [-0.05, 0) is 0 Å². The number of hydrogen-bond acceptors (Lipinski definition) is 2. The minimum absolute atomic E-state index is 1.33. The first-order chi connectivity index (χ1) is 10.9. The van der Waals surface area contributed by atoms with Gasteiger partial charge in [0, 0.05) is 0 Å². The molecule has 0 radical (unpaired) electrons. The Morgan fingerprint density at radius 3 is 1.74 bits per heavy atom. The van der Waals surface area contributed by atoms with Crippen molar-refractivity contribution in [1.82, 2.24) is 10.2 Å². The van der Waals surface area contributed by atoms with E-state index in [0.29, 0.717) is 0 Å². The van der Waals surface area contributed by atoms with Gasteiger partial charge in [0.15, 0.2) is 0 Å². The Kier molecular flexibility index (Phi) is 9.35. The molecule has 0 saturated carbocycles. The molecule has 0 unspecified atom stereocenters. The zero-order chi connectivity index (χ0) is 17.3. The minimum atomic E-state index is -2.37. The average Bonchev–Trinajstić information content (AvgIpc) is 2.54. The first kappa shape index (κ1) is 21.1. The molecule has 1 rings (SSSR count). The molecule has 0 aliphatic carbocycles. The summed E-state index contributed by atoms with van der Waals surface area (Å²) in [7, 11) is -1.43. The molecule has 1 aromatic rings. The summed E-state index contributed by atoms with van der Waals surface area (Å²) >= 11 is -2.37. The quantitative estimate of drug-likeness (QED) is 0.448. The van der Waals surface area contributed by atoms with E-state index < -0.39 is 26.5 Å². The van der Waals surface area contributed by atoms with Crippen molar-refractivity contribution < 1.29 is 0 Å². The van der Waals surface area contributed by atoms with Gasteiger partial charge < -0.3 is 0 Å². The third kappa shape index (κ3) is 6.15. The summed E-state index contributed by atoms with van der Waals surface area (Å²) in [5.41, 5.74) is 0. The van der Waals surface area contributed by atoms with Crippen LogP contribution in [0.3, 0.4) is 0 Å². The molecule has 23 heavy (non-hydrogen) atoms. The van der Waals surface area contributed by atoms with Crippen LogP contribution in [0.15, 0.2) is 12.3 Å². The molecular formula is C19H38N2SiSn. The predicted octanol–water partition coefficient (Wildman–Crippen LogP) is 5.08. The van der Waals surface area contributed by atoms with Gasteiger partial charge in [0.2, 0.25) is 0 Å². The van der Waals surface area contributed by atoms with Gasteiger partial charge in [-0.15, -0.1) is 0 Å². The van der Waals surface area contributed by atoms with Gasteiger partial charge >= 0.3 is 150 Å². The van der Waals surface area contributed by atoms with Crippen LogP contribution in [0.5, 0.6) is 0 Å². The second kappa shape index (κ2) is 10.2. The van der Waals surface area contributed by atoms with Crippen molar-refractivity contribution in [3.8, 4) is 0 Å². The molecule has 0 aliphatic rings. The first-order valence-electron chi connectivity index (χ1n) is 9.74. The van der Waals surface area contributed by atoms with Crippen LogP contribution in [-0.4, -0.2) is 36.6 Å². The molecule has 0 saturated heterocycles. The maximum atomic E-state index is 4.70. The number of unbranched alkanes of at least 4 members (excludes halogenated alkanes) is 3. The van der Waals surface area contributed by atoms with Crippen molar-refractivity contribution in [2.45, 2.75) is 92.2 Å². The van der Waals surface area contributed by atoms with Crippen LogP contribution in [0.2, 0.25) is 33.0 Å². The van der Waals surface area contributed by atoms with E-state index in [9.17, 15) is 0 Å². The molecule has 0 aromatic carbocycles. The number of aromatic nitrogens is 2. The van der Waals surface area contributed by atoms with E-state index >= 15 is 0 Å². The van der Waals surface area contributed by atoms with Gasteiger partial charge in [-0.3, -0.25) is 0 Å². The van der Waals surface area contributed by atoms with Gasteiger partial charge in [0.25, 0.3) is 0 Å². The molecule has 0 aliphatic heterocycles. The summed E-state index contributed by atoms with van der Waals surface area (Å²) in [6.45, 7) is 14.4. The molecule has 4 heteroatoms. The Bertz CT molecular complexity index is 435. The third-order valence-electron chi connectivity index (χ3n) is 5.03. The van der Waals surface area contributed by atoms with Gasteiger partial charge in [0.1, 0.15) is 0 Å². The number of nitrogens with zero attached hydrogens (tertiary/aromatic N) is 2. The zero-order valence-corrected chi connectivity index (χ0v) is 20.3. The summed E-state index contributed by atoms with van der Waals surface area (Å²) in [5.74, 6) is 0. The van der Waals surface area contributed by atoms with Crippen LogP contribution >= 0.6 is 0 Å². The molecule has 1 aromatic heterocycles. The summed E-state index contributed by atoms with van der Waals surface area (Å²) in [6, 6.07) is 2.40. The molecule has 0 atom stereocenters. The fraction of sp³-hybridized carbons (Fsp3) is 0.789. The van der Waals surface area contributed by atoms with Crippen molar-refractivity contribution in [1.29, 1.82) is 0 Å². The van der Waals surface area contributed by atoms with Gasteiger partial charge in [-0.25, -0.2) is 0 Å². The second-order valence-corrected chi connectivity index (χ2v) is 26.2. The maximum absolute atomic E-state index is 4.70. The molecule has 2 nitrogen and oxygen atoms in total. The SMILES string of the molecule is CCC[CH2][Sn]([CH2]CCC)([CH2]CCC)[c]1ccnnc1[Si](C)(C)C. The van der Waals surface area contributed by atoms with Gasteiger partial charge in [-0.1, -0.05) is 0 Å². The number of rotatable bonds is 11. The van der Waals surface area contributed by atoms with Crippen LogP contribution in [0, 0.1) is 0 Å². The topological polar surface area (TPSA) is 25.8 Å². The van der Waals surface area contributed by atoms with Crippen LogP contribution in [0.1, 0.15) is 59.3 Å². The fourth-order valence-corrected chi connectivity index (χ4v) is 25.9. The number of hydrogen-bond donors (Lipinski definition) is 0. The molecule has 0 amide bonds. The fourth-order valence-electron chi connectivity index (χ4n) is 3.64. The molecule has 0 spiro atoms. The Morgan fingerprint density at radius 2 is 1.35 bits per heavy atom. The van der Waals surface area contributed by atoms with E-state index in [1.807, 2.05) is 6.20 Å². The molecule has 132 valence electrons. The molecular weight excluding hydrogens is 403 g/mol. The van der Waals surface area contributed by atoms with Crippen molar-refractivity contribution in [3.05, 3.63) is 12.3 Å². The summed E-state index contributed by atoms with van der Waals surface area (Å²) in [5, 5.41) is 10.4. The van der Waals surface area contributed by atoms with Crippen LogP contribution in [-0.2, 0) is 0 Å². The predicted molar refractivity (Wildman–Crippen MR) is 110 cm³/mol. The standard InChI is InChI=1S/C7H11N2Si.3C4H9.Sn/c1-10(2,3)7-5-4-6-8-9-7;3*1-3-4-2;/h4,6H,1-3H3;3*1,3-4H2,2H3;. The Balaban J connectivity index is 3.35. The van der Waals surface area contributed by atoms with Crippen molar-refractivity contribution >= 4 is 35.3 Å². The summed E-state index contributed by atoms with van der Waals surface area (Å²) in [4.78, 5) is 0. The zero-order valence-electron chi connectivity index (χ0n) is 16.4. The molecule has 0 fully saturated rings. The normalized spacial score (nSPS) is 12.6. The van der Waals surface area contributed by atoms with E-state index in [4.69, 9.17) is 5.10 Å². The molecule has 0 bridgehead atoms. The first-order valence-corrected chi connectivity index (χ1v) is 20.7. The van der Waals surface area contributed by atoms with E-state index in [1.54, 1.807) is 3.58 Å². The third-order valence-corrected chi connectivity index (χ3v) is 23.2. The van der Waals surface area contributed by atoms with Gasteiger partial charge in [-0.2, -0.15) is 0 Å². The van der Waals surface area contributed by atoms with Crippen molar-refractivity contribution in [2.75, 3.05) is 0 Å². The van der Waals surface area contributed by atoms with Crippen LogP contribution < -0.4 is 8.90 Å². The van der Waals surface area contributed by atoms with E-state index in [1.165, 1.54) is 57.2 Å². The van der Waals surface area contributed by atoms with Crippen LogP contribution in [0.4, 0.5) is 0 Å². The average molecular weight is 441 g/mol. The molecule has 1 heterocycles. The summed E-state index contributed by atoms with van der Waals surface area (Å²) < 4.78 is 6.32. The van der Waals surface area contributed by atoms with Crippen molar-refractivity contribution in [2.24, 2.45) is 0 Å². The molecule has 0 N–H and O–H groups in total. The monoisotopic (exact) mass is 442 g/mol. The Morgan fingerprint density at radius 1 is 0.870 bits per heavy atom. The van der Waals surface area contributed by atoms with E-state index in [2.05, 4.69) is 51.6 Å². The van der Waals surface area contributed by atoms with E-state index in [0.717, 1.165) is 0 Å². The summed E-state index contributed by atoms with van der Waals surface area (Å²) in [6.07, 6.45) is 10.2. The van der Waals surface area contributed by atoms with Gasteiger partial charge in [0.05, 0.1) is 0 Å². The van der Waals surface area contributed by atoms with Crippen molar-refractivity contribution in [3.63, 3.8) is 0 Å².